The van der Waals surface area contributed by atoms with E-state index in [1.165, 1.54) is 6.07 Å². The number of nitrogens with zero attached hydrogens (tertiary/aromatic N) is 2. The summed E-state index contributed by atoms with van der Waals surface area (Å²) in [6.07, 6.45) is 1.73. The predicted octanol–water partition coefficient (Wildman–Crippen LogP) is 1.07. The molecule has 1 aromatic heterocycles. The Morgan fingerprint density at radius 1 is 1.35 bits per heavy atom. The van der Waals surface area contributed by atoms with Crippen LogP contribution in [-0.4, -0.2) is 41.6 Å². The van der Waals surface area contributed by atoms with Crippen LogP contribution in [0.15, 0.2) is 27.6 Å². The van der Waals surface area contributed by atoms with Crippen LogP contribution in [0.1, 0.15) is 13.8 Å². The lowest BCUT2D eigenvalue weighted by molar-refractivity contribution is -0.141. The third kappa shape index (κ3) is 3.49. The number of nitrogens with one attached hydrogen (secondary N) is 1. The number of carbonyl (C=O) groups excluding carboxylic acids is 1. The van der Waals surface area contributed by atoms with Gasteiger partial charge in [0.05, 0.1) is 5.41 Å². The molecule has 1 aromatic rings. The van der Waals surface area contributed by atoms with Crippen molar-refractivity contribution in [2.24, 2.45) is 5.41 Å². The molecule has 110 valence electrons. The molecule has 1 aliphatic heterocycles. The van der Waals surface area contributed by atoms with E-state index in [1.807, 2.05) is 18.7 Å². The van der Waals surface area contributed by atoms with Crippen molar-refractivity contribution in [2.45, 2.75) is 20.4 Å². The second-order valence-corrected chi connectivity index (χ2v) is 6.66. The Hall–Kier alpha value is -1.14. The second-order valence-electron chi connectivity index (χ2n) is 5.74. The average molecular weight is 342 g/mol. The van der Waals surface area contributed by atoms with Gasteiger partial charge in [-0.25, -0.2) is 0 Å². The van der Waals surface area contributed by atoms with Crippen molar-refractivity contribution in [3.63, 3.8) is 0 Å². The van der Waals surface area contributed by atoms with Crippen molar-refractivity contribution in [2.75, 3.05) is 26.2 Å². The Morgan fingerprint density at radius 3 is 2.65 bits per heavy atom. The van der Waals surface area contributed by atoms with E-state index in [0.29, 0.717) is 6.54 Å². The molecule has 0 bridgehead atoms. The van der Waals surface area contributed by atoms with Gasteiger partial charge in [0.1, 0.15) is 0 Å². The Balaban J connectivity index is 2.15. The fourth-order valence-corrected chi connectivity index (χ4v) is 2.79. The lowest BCUT2D eigenvalue weighted by atomic mass is 9.91. The van der Waals surface area contributed by atoms with Crippen molar-refractivity contribution in [1.82, 2.24) is 14.8 Å². The van der Waals surface area contributed by atoms with Gasteiger partial charge in [0.15, 0.2) is 0 Å². The van der Waals surface area contributed by atoms with Gasteiger partial charge in [0.25, 0.3) is 5.56 Å². The summed E-state index contributed by atoms with van der Waals surface area (Å²) in [6.45, 7) is 7.30. The predicted molar refractivity (Wildman–Crippen MR) is 81.6 cm³/mol. The minimum Gasteiger partial charge on any atom is -0.340 e. The van der Waals surface area contributed by atoms with Gasteiger partial charge in [0, 0.05) is 49.5 Å². The summed E-state index contributed by atoms with van der Waals surface area (Å²) < 4.78 is 2.42. The normalized spacial score (nSPS) is 16.2. The molecule has 20 heavy (non-hydrogen) atoms. The molecule has 6 heteroatoms. The lowest BCUT2D eigenvalue weighted by Gasteiger charge is -2.34. The Labute approximate surface area is 127 Å². The van der Waals surface area contributed by atoms with E-state index in [9.17, 15) is 9.59 Å². The van der Waals surface area contributed by atoms with Crippen LogP contribution >= 0.6 is 15.9 Å². The molecule has 1 aliphatic rings. The largest absolute Gasteiger partial charge is 0.340 e. The van der Waals surface area contributed by atoms with E-state index < -0.39 is 5.41 Å². The van der Waals surface area contributed by atoms with Crippen molar-refractivity contribution in [3.8, 4) is 0 Å². The van der Waals surface area contributed by atoms with E-state index in [4.69, 9.17) is 0 Å². The topological polar surface area (TPSA) is 54.3 Å². The molecule has 1 saturated heterocycles. The minimum atomic E-state index is -0.595. The summed E-state index contributed by atoms with van der Waals surface area (Å²) in [5, 5.41) is 3.23. The Morgan fingerprint density at radius 2 is 2.00 bits per heavy atom. The summed E-state index contributed by atoms with van der Waals surface area (Å²) in [4.78, 5) is 26.3. The molecule has 0 radical (unpaired) electrons. The summed E-state index contributed by atoms with van der Waals surface area (Å²) >= 11 is 3.35. The van der Waals surface area contributed by atoms with Crippen LogP contribution in [0.25, 0.3) is 0 Å². The fraction of sp³-hybridized carbons (Fsp3) is 0.571. The molecule has 1 fully saturated rings. The van der Waals surface area contributed by atoms with Gasteiger partial charge in [0.2, 0.25) is 5.91 Å². The maximum Gasteiger partial charge on any atom is 0.250 e. The molecule has 5 nitrogen and oxygen atoms in total. The molecule has 0 unspecified atom stereocenters. The monoisotopic (exact) mass is 341 g/mol. The maximum atomic E-state index is 12.6. The number of rotatable bonds is 3. The first kappa shape index (κ1) is 15.3. The number of amides is 1. The van der Waals surface area contributed by atoms with Crippen molar-refractivity contribution < 1.29 is 4.79 Å². The van der Waals surface area contributed by atoms with Crippen molar-refractivity contribution in [3.05, 3.63) is 33.2 Å². The smallest absolute Gasteiger partial charge is 0.250 e. The van der Waals surface area contributed by atoms with Crippen LogP contribution in [0.2, 0.25) is 0 Å². The summed E-state index contributed by atoms with van der Waals surface area (Å²) in [7, 11) is 0. The zero-order valence-electron chi connectivity index (χ0n) is 11.9. The van der Waals surface area contributed by atoms with E-state index in [1.54, 1.807) is 16.8 Å². The van der Waals surface area contributed by atoms with Gasteiger partial charge in [-0.15, -0.1) is 0 Å². The van der Waals surface area contributed by atoms with Crippen LogP contribution in [-0.2, 0) is 11.3 Å². The summed E-state index contributed by atoms with van der Waals surface area (Å²) in [5.74, 6) is 0.103. The third-order valence-electron chi connectivity index (χ3n) is 3.50. The first-order chi connectivity index (χ1) is 9.40. The van der Waals surface area contributed by atoms with Gasteiger partial charge in [-0.1, -0.05) is 0 Å². The highest BCUT2D eigenvalue weighted by atomic mass is 79.9. The van der Waals surface area contributed by atoms with E-state index in [2.05, 4.69) is 21.2 Å². The fourth-order valence-electron chi connectivity index (χ4n) is 2.42. The van der Waals surface area contributed by atoms with Crippen LogP contribution in [0, 0.1) is 5.41 Å². The Kier molecular flexibility index (Phi) is 4.65. The van der Waals surface area contributed by atoms with Gasteiger partial charge < -0.3 is 14.8 Å². The van der Waals surface area contributed by atoms with Crippen molar-refractivity contribution in [1.29, 1.82) is 0 Å². The van der Waals surface area contributed by atoms with E-state index in [-0.39, 0.29) is 11.5 Å². The Bertz CT molecular complexity index is 548. The van der Waals surface area contributed by atoms with Gasteiger partial charge in [-0.3, -0.25) is 9.59 Å². The molecule has 2 rings (SSSR count). The average Bonchev–Trinajstić information content (AvgIpc) is 2.43. The standard InChI is InChI=1S/C14H20BrN3O2/c1-14(2,13(20)17-7-5-16-6-8-17)10-18-9-11(15)3-4-12(18)19/h3-4,9,16H,5-8,10H2,1-2H3. The first-order valence-corrected chi connectivity index (χ1v) is 7.55. The number of piperazine rings is 1. The third-order valence-corrected chi connectivity index (χ3v) is 3.97. The maximum absolute atomic E-state index is 12.6. The van der Waals surface area contributed by atoms with Gasteiger partial charge in [-0.05, 0) is 35.8 Å². The molecule has 0 atom stereocenters. The molecule has 1 amide bonds. The number of pyridine rings is 1. The van der Waals surface area contributed by atoms with Gasteiger partial charge >= 0.3 is 0 Å². The molecule has 1 N–H and O–H groups in total. The quantitative estimate of drug-likeness (QED) is 0.894. The molecular formula is C14H20BrN3O2. The van der Waals surface area contributed by atoms with Crippen LogP contribution in [0.4, 0.5) is 0 Å². The van der Waals surface area contributed by atoms with Crippen LogP contribution in [0.3, 0.4) is 0 Å². The number of carbonyl (C=O) groups is 1. The number of hydrogen-bond donors (Lipinski definition) is 1. The molecule has 0 spiro atoms. The molecule has 0 aliphatic carbocycles. The molecule has 0 aromatic carbocycles. The molecular weight excluding hydrogens is 322 g/mol. The highest BCUT2D eigenvalue weighted by Gasteiger charge is 2.33. The van der Waals surface area contributed by atoms with E-state index >= 15 is 0 Å². The highest BCUT2D eigenvalue weighted by molar-refractivity contribution is 9.10. The summed E-state index contributed by atoms with van der Waals surface area (Å²) in [6, 6.07) is 3.22. The van der Waals surface area contributed by atoms with Gasteiger partial charge in [-0.2, -0.15) is 0 Å². The number of aromatic nitrogens is 1. The van der Waals surface area contributed by atoms with Crippen LogP contribution in [0.5, 0.6) is 0 Å². The van der Waals surface area contributed by atoms with E-state index in [0.717, 1.165) is 30.7 Å². The zero-order valence-corrected chi connectivity index (χ0v) is 13.4. The zero-order chi connectivity index (χ0) is 14.8. The minimum absolute atomic E-state index is 0.0885. The summed E-state index contributed by atoms with van der Waals surface area (Å²) in [5.41, 5.74) is -0.684. The number of halogens is 1. The number of hydrogen-bond acceptors (Lipinski definition) is 3. The SMILES string of the molecule is CC(C)(Cn1cc(Br)ccc1=O)C(=O)N1CCNCC1. The highest BCUT2D eigenvalue weighted by Crippen LogP contribution is 2.22. The first-order valence-electron chi connectivity index (χ1n) is 6.76. The lowest BCUT2D eigenvalue weighted by Crippen LogP contribution is -2.51. The molecule has 0 saturated carbocycles. The molecule has 2 heterocycles. The van der Waals surface area contributed by atoms with Crippen molar-refractivity contribution >= 4 is 21.8 Å². The second kappa shape index (κ2) is 6.10. The van der Waals surface area contributed by atoms with Crippen LogP contribution < -0.4 is 10.9 Å².